The maximum Gasteiger partial charge on any atom is 0.344 e. The van der Waals surface area contributed by atoms with Crippen LogP contribution in [0.5, 0.6) is 5.88 Å². The van der Waals surface area contributed by atoms with Gasteiger partial charge in [-0.2, -0.15) is 4.98 Å². The van der Waals surface area contributed by atoms with Crippen LogP contribution in [0.25, 0.3) is 22.7 Å². The Bertz CT molecular complexity index is 1210. The SMILES string of the molecule is O=C(O)/C(=C/c1c[nH]c2nc(OC(=O)c3ccccc3)ccc12)c1ccccc1. The molecule has 0 atom stereocenters. The minimum atomic E-state index is -1.02. The van der Waals surface area contributed by atoms with Crippen molar-refractivity contribution in [2.24, 2.45) is 0 Å². The van der Waals surface area contributed by atoms with Gasteiger partial charge in [-0.3, -0.25) is 0 Å². The minimum absolute atomic E-state index is 0.158. The Morgan fingerprint density at radius 1 is 0.897 bits per heavy atom. The van der Waals surface area contributed by atoms with Crippen molar-refractivity contribution in [3.05, 3.63) is 95.7 Å². The van der Waals surface area contributed by atoms with Gasteiger partial charge in [-0.1, -0.05) is 48.5 Å². The zero-order valence-electron chi connectivity index (χ0n) is 15.2. The molecule has 0 radical (unpaired) electrons. The number of pyridine rings is 1. The number of aromatic nitrogens is 2. The Hall–Kier alpha value is -4.19. The highest BCUT2D eigenvalue weighted by atomic mass is 16.5. The van der Waals surface area contributed by atoms with Gasteiger partial charge in [0.2, 0.25) is 5.88 Å². The first-order chi connectivity index (χ1) is 14.1. The zero-order chi connectivity index (χ0) is 20.2. The Kier molecular flexibility index (Phi) is 4.90. The molecule has 2 N–H and O–H groups in total. The number of fused-ring (bicyclic) bond motifs is 1. The van der Waals surface area contributed by atoms with E-state index in [-0.39, 0.29) is 11.5 Å². The highest BCUT2D eigenvalue weighted by Crippen LogP contribution is 2.25. The molecular formula is C23H16N2O4. The van der Waals surface area contributed by atoms with Crippen LogP contribution in [-0.2, 0) is 4.79 Å². The molecular weight excluding hydrogens is 368 g/mol. The highest BCUT2D eigenvalue weighted by Gasteiger charge is 2.14. The molecule has 0 unspecified atom stereocenters. The molecule has 29 heavy (non-hydrogen) atoms. The van der Waals surface area contributed by atoms with Crippen LogP contribution < -0.4 is 4.74 Å². The number of carboxylic acid groups (broad SMARTS) is 1. The Labute approximate surface area is 166 Å². The van der Waals surface area contributed by atoms with E-state index >= 15 is 0 Å². The van der Waals surface area contributed by atoms with Crippen molar-refractivity contribution in [2.45, 2.75) is 0 Å². The van der Waals surface area contributed by atoms with E-state index in [1.165, 1.54) is 0 Å². The summed E-state index contributed by atoms with van der Waals surface area (Å²) in [6, 6.07) is 20.9. The molecule has 2 aromatic heterocycles. The topological polar surface area (TPSA) is 92.3 Å². The number of rotatable bonds is 5. The molecule has 6 heteroatoms. The number of aromatic amines is 1. The van der Waals surface area contributed by atoms with Crippen LogP contribution in [0.4, 0.5) is 0 Å². The van der Waals surface area contributed by atoms with E-state index in [0.29, 0.717) is 22.3 Å². The molecule has 0 fully saturated rings. The predicted octanol–water partition coefficient (Wildman–Crippen LogP) is 4.41. The molecule has 0 bridgehead atoms. The van der Waals surface area contributed by atoms with Crippen molar-refractivity contribution in [1.29, 1.82) is 0 Å². The largest absolute Gasteiger partial charge is 0.478 e. The number of aliphatic carboxylic acids is 1. The fourth-order valence-electron chi connectivity index (χ4n) is 2.95. The van der Waals surface area contributed by atoms with Gasteiger partial charge < -0.3 is 14.8 Å². The number of hydrogen-bond acceptors (Lipinski definition) is 4. The minimum Gasteiger partial charge on any atom is -0.478 e. The van der Waals surface area contributed by atoms with E-state index in [4.69, 9.17) is 4.74 Å². The molecule has 6 nitrogen and oxygen atoms in total. The summed E-state index contributed by atoms with van der Waals surface area (Å²) < 4.78 is 5.33. The number of benzene rings is 2. The van der Waals surface area contributed by atoms with E-state index < -0.39 is 11.9 Å². The molecule has 0 amide bonds. The number of carboxylic acids is 1. The number of carbonyl (C=O) groups excluding carboxylic acids is 1. The van der Waals surface area contributed by atoms with Crippen LogP contribution >= 0.6 is 0 Å². The fourth-order valence-corrected chi connectivity index (χ4v) is 2.95. The first kappa shape index (κ1) is 18.2. The van der Waals surface area contributed by atoms with E-state index in [0.717, 1.165) is 5.39 Å². The number of ether oxygens (including phenoxy) is 1. The smallest absolute Gasteiger partial charge is 0.344 e. The zero-order valence-corrected chi connectivity index (χ0v) is 15.2. The predicted molar refractivity (Wildman–Crippen MR) is 109 cm³/mol. The highest BCUT2D eigenvalue weighted by molar-refractivity contribution is 6.21. The summed E-state index contributed by atoms with van der Waals surface area (Å²) in [5.74, 6) is -1.36. The lowest BCUT2D eigenvalue weighted by Gasteiger charge is -2.04. The lowest BCUT2D eigenvalue weighted by atomic mass is 10.0. The van der Waals surface area contributed by atoms with Gasteiger partial charge in [-0.25, -0.2) is 9.59 Å². The Balaban J connectivity index is 1.65. The van der Waals surface area contributed by atoms with E-state index in [2.05, 4.69) is 9.97 Å². The summed E-state index contributed by atoms with van der Waals surface area (Å²) in [6.07, 6.45) is 3.26. The molecule has 0 aliphatic rings. The van der Waals surface area contributed by atoms with Crippen LogP contribution in [-0.4, -0.2) is 27.0 Å². The lowest BCUT2D eigenvalue weighted by molar-refractivity contribution is -0.130. The summed E-state index contributed by atoms with van der Waals surface area (Å²) >= 11 is 0. The number of carbonyl (C=O) groups is 2. The molecule has 4 rings (SSSR count). The van der Waals surface area contributed by atoms with Gasteiger partial charge in [-0.05, 0) is 29.8 Å². The summed E-state index contributed by atoms with van der Waals surface area (Å²) in [5, 5.41) is 10.3. The Morgan fingerprint density at radius 2 is 1.55 bits per heavy atom. The molecule has 0 aliphatic carbocycles. The molecule has 2 aromatic carbocycles. The van der Waals surface area contributed by atoms with Gasteiger partial charge in [0.1, 0.15) is 5.65 Å². The summed E-state index contributed by atoms with van der Waals surface area (Å²) in [4.78, 5) is 31.2. The molecule has 2 heterocycles. The van der Waals surface area contributed by atoms with E-state index in [1.54, 1.807) is 72.9 Å². The molecule has 0 saturated heterocycles. The van der Waals surface area contributed by atoms with E-state index in [1.807, 2.05) is 12.1 Å². The van der Waals surface area contributed by atoms with E-state index in [9.17, 15) is 14.7 Å². The first-order valence-electron chi connectivity index (χ1n) is 8.87. The number of hydrogen-bond donors (Lipinski definition) is 2. The van der Waals surface area contributed by atoms with Crippen molar-refractivity contribution in [1.82, 2.24) is 9.97 Å². The molecule has 0 aliphatic heterocycles. The standard InChI is InChI=1S/C23H16N2O4/c26-22(27)19(15-7-3-1-4-8-15)13-17-14-24-21-18(17)11-12-20(25-21)29-23(28)16-9-5-2-6-10-16/h1-14H,(H,24,25)(H,26,27)/b19-13+. The average Bonchev–Trinajstić information content (AvgIpc) is 3.15. The number of H-pyrrole nitrogens is 1. The maximum absolute atomic E-state index is 12.2. The van der Waals surface area contributed by atoms with Gasteiger partial charge >= 0.3 is 11.9 Å². The summed E-state index contributed by atoms with van der Waals surface area (Å²) in [7, 11) is 0. The van der Waals surface area contributed by atoms with Crippen molar-refractivity contribution < 1.29 is 19.4 Å². The quantitative estimate of drug-likeness (QED) is 0.393. The van der Waals surface area contributed by atoms with Crippen LogP contribution in [0.3, 0.4) is 0 Å². The lowest BCUT2D eigenvalue weighted by Crippen LogP contribution is -2.09. The first-order valence-corrected chi connectivity index (χ1v) is 8.87. The van der Waals surface area contributed by atoms with Crippen molar-refractivity contribution >= 4 is 34.6 Å². The van der Waals surface area contributed by atoms with Crippen LogP contribution in [0.1, 0.15) is 21.5 Å². The summed E-state index contributed by atoms with van der Waals surface area (Å²) in [5.41, 5.74) is 2.38. The number of nitrogens with one attached hydrogen (secondary N) is 1. The Morgan fingerprint density at radius 3 is 2.21 bits per heavy atom. The normalized spacial score (nSPS) is 11.4. The number of esters is 1. The monoisotopic (exact) mass is 384 g/mol. The summed E-state index contributed by atoms with van der Waals surface area (Å²) in [6.45, 7) is 0. The van der Waals surface area contributed by atoms with Gasteiger partial charge in [0.25, 0.3) is 0 Å². The molecule has 0 spiro atoms. The third-order valence-electron chi connectivity index (χ3n) is 4.37. The van der Waals surface area contributed by atoms with Crippen LogP contribution in [0, 0.1) is 0 Å². The van der Waals surface area contributed by atoms with Crippen LogP contribution in [0.15, 0.2) is 79.0 Å². The van der Waals surface area contributed by atoms with Crippen LogP contribution in [0.2, 0.25) is 0 Å². The van der Waals surface area contributed by atoms with Gasteiger partial charge in [0.05, 0.1) is 11.1 Å². The van der Waals surface area contributed by atoms with Crippen molar-refractivity contribution in [3.63, 3.8) is 0 Å². The second kappa shape index (κ2) is 7.82. The third-order valence-corrected chi connectivity index (χ3v) is 4.37. The molecule has 0 saturated carbocycles. The van der Waals surface area contributed by atoms with Crippen molar-refractivity contribution in [3.8, 4) is 5.88 Å². The maximum atomic E-state index is 12.2. The van der Waals surface area contributed by atoms with Gasteiger partial charge in [0, 0.05) is 23.2 Å². The molecule has 142 valence electrons. The number of nitrogens with zero attached hydrogens (tertiary/aromatic N) is 1. The molecule has 4 aromatic rings. The second-order valence-corrected chi connectivity index (χ2v) is 6.27. The third kappa shape index (κ3) is 3.91. The van der Waals surface area contributed by atoms with Gasteiger partial charge in [-0.15, -0.1) is 0 Å². The van der Waals surface area contributed by atoms with Crippen molar-refractivity contribution in [2.75, 3.05) is 0 Å². The average molecular weight is 384 g/mol. The fraction of sp³-hybridized carbons (Fsp3) is 0. The van der Waals surface area contributed by atoms with Gasteiger partial charge in [0.15, 0.2) is 0 Å². The second-order valence-electron chi connectivity index (χ2n) is 6.27.